The number of anilines is 3. The van der Waals surface area contributed by atoms with Crippen LogP contribution in [-0.2, 0) is 9.53 Å². The number of nitrogens with zero attached hydrogens (tertiary/aromatic N) is 3. The molecule has 2 heterocycles. The number of rotatable bonds is 9. The summed E-state index contributed by atoms with van der Waals surface area (Å²) in [5.74, 6) is -1.29. The van der Waals surface area contributed by atoms with Crippen molar-refractivity contribution in [2.75, 3.05) is 51.1 Å². The summed E-state index contributed by atoms with van der Waals surface area (Å²) in [5.41, 5.74) is 1.32. The third-order valence-electron chi connectivity index (χ3n) is 5.84. The van der Waals surface area contributed by atoms with Crippen molar-refractivity contribution in [1.29, 1.82) is 0 Å². The van der Waals surface area contributed by atoms with Gasteiger partial charge in [0.05, 0.1) is 22.8 Å². The molecular formula is C26H28ClF2N5O3. The minimum atomic E-state index is -0.909. The van der Waals surface area contributed by atoms with Gasteiger partial charge in [-0.1, -0.05) is 11.6 Å². The number of ether oxygens (including phenoxy) is 2. The Kier molecular flexibility index (Phi) is 8.86. The molecular weight excluding hydrogens is 504 g/mol. The van der Waals surface area contributed by atoms with E-state index in [1.54, 1.807) is 31.1 Å². The summed E-state index contributed by atoms with van der Waals surface area (Å²) < 4.78 is 39.6. The first-order chi connectivity index (χ1) is 17.8. The maximum absolute atomic E-state index is 14.5. The molecule has 2 N–H and O–H groups in total. The van der Waals surface area contributed by atoms with Crippen LogP contribution in [0.4, 0.5) is 26.0 Å². The fourth-order valence-electron chi connectivity index (χ4n) is 3.77. The van der Waals surface area contributed by atoms with Crippen molar-refractivity contribution >= 4 is 45.6 Å². The lowest BCUT2D eigenvalue weighted by atomic mass is 10.0. The Hall–Kier alpha value is -3.34. The van der Waals surface area contributed by atoms with Crippen LogP contribution in [0.3, 0.4) is 0 Å². The minimum Gasteiger partial charge on any atom is -0.491 e. The van der Waals surface area contributed by atoms with Gasteiger partial charge in [0.25, 0.3) is 5.91 Å². The van der Waals surface area contributed by atoms with Gasteiger partial charge in [0.15, 0.2) is 5.83 Å². The Morgan fingerprint density at radius 1 is 1.24 bits per heavy atom. The Labute approximate surface area is 218 Å². The lowest BCUT2D eigenvalue weighted by Crippen LogP contribution is -2.22. The van der Waals surface area contributed by atoms with Gasteiger partial charge in [-0.2, -0.15) is 0 Å². The number of nitrogens with one attached hydrogen (secondary N) is 2. The molecule has 3 aromatic rings. The Morgan fingerprint density at radius 2 is 2.03 bits per heavy atom. The normalized spacial score (nSPS) is 14.7. The number of carbonyl (C=O) groups is 1. The number of amides is 1. The standard InChI is InChI=1S/C26H28ClF2N5O3/c1-34(2)8-5-21(29)26(35)33-23-12-18-22(13-24(23)37-14-16-6-9-36-10-7-16)30-15-31-25(18)32-17-3-4-20(28)19(27)11-17/h3-5,11-13,15-16H,6-10,14H2,1-2H3,(H,33,35)(H,30,31,32). The second-order valence-electron chi connectivity index (χ2n) is 8.98. The van der Waals surface area contributed by atoms with Gasteiger partial charge in [0.2, 0.25) is 0 Å². The lowest BCUT2D eigenvalue weighted by molar-refractivity contribution is -0.114. The smallest absolute Gasteiger partial charge is 0.284 e. The second-order valence-corrected chi connectivity index (χ2v) is 9.38. The van der Waals surface area contributed by atoms with Gasteiger partial charge in [-0.25, -0.2) is 18.7 Å². The Bertz CT molecular complexity index is 1300. The average Bonchev–Trinajstić information content (AvgIpc) is 2.89. The number of fused-ring (bicyclic) bond motifs is 1. The number of carbonyl (C=O) groups excluding carboxylic acids is 1. The maximum Gasteiger partial charge on any atom is 0.284 e. The molecule has 0 aliphatic carbocycles. The first-order valence-corrected chi connectivity index (χ1v) is 12.2. The van der Waals surface area contributed by atoms with E-state index < -0.39 is 17.6 Å². The van der Waals surface area contributed by atoms with Crippen molar-refractivity contribution in [3.8, 4) is 5.75 Å². The third-order valence-corrected chi connectivity index (χ3v) is 6.12. The zero-order chi connectivity index (χ0) is 26.4. The zero-order valence-corrected chi connectivity index (χ0v) is 21.3. The minimum absolute atomic E-state index is 0.0416. The third kappa shape index (κ3) is 7.12. The van der Waals surface area contributed by atoms with E-state index in [0.717, 1.165) is 12.8 Å². The van der Waals surface area contributed by atoms with Crippen molar-refractivity contribution in [2.45, 2.75) is 12.8 Å². The van der Waals surface area contributed by atoms with Crippen LogP contribution in [0, 0.1) is 11.7 Å². The summed E-state index contributed by atoms with van der Waals surface area (Å²) in [5, 5.41) is 6.21. The van der Waals surface area contributed by atoms with Crippen molar-refractivity contribution < 1.29 is 23.0 Å². The highest BCUT2D eigenvalue weighted by Crippen LogP contribution is 2.35. The second kappa shape index (κ2) is 12.3. The molecule has 1 saturated heterocycles. The van der Waals surface area contributed by atoms with Gasteiger partial charge in [-0.05, 0) is 63.2 Å². The summed E-state index contributed by atoms with van der Waals surface area (Å²) in [6.45, 7) is 2.03. The number of benzene rings is 2. The number of halogens is 3. The molecule has 8 nitrogen and oxygen atoms in total. The molecule has 0 radical (unpaired) electrons. The van der Waals surface area contributed by atoms with Crippen LogP contribution in [0.25, 0.3) is 10.9 Å². The van der Waals surface area contributed by atoms with E-state index in [0.29, 0.717) is 53.9 Å². The number of hydrogen-bond acceptors (Lipinski definition) is 7. The summed E-state index contributed by atoms with van der Waals surface area (Å²) in [7, 11) is 3.55. The van der Waals surface area contributed by atoms with Gasteiger partial charge in [0, 0.05) is 36.9 Å². The van der Waals surface area contributed by atoms with Crippen LogP contribution < -0.4 is 15.4 Å². The first-order valence-electron chi connectivity index (χ1n) is 11.8. The molecule has 1 aliphatic rings. The molecule has 0 atom stereocenters. The van der Waals surface area contributed by atoms with E-state index in [2.05, 4.69) is 20.6 Å². The lowest BCUT2D eigenvalue weighted by Gasteiger charge is -2.23. The molecule has 196 valence electrons. The van der Waals surface area contributed by atoms with E-state index in [1.807, 2.05) is 0 Å². The van der Waals surface area contributed by atoms with E-state index in [1.165, 1.54) is 30.6 Å². The van der Waals surface area contributed by atoms with E-state index in [4.69, 9.17) is 21.1 Å². The molecule has 0 saturated carbocycles. The van der Waals surface area contributed by atoms with Crippen LogP contribution in [0.2, 0.25) is 5.02 Å². The largest absolute Gasteiger partial charge is 0.491 e. The van der Waals surface area contributed by atoms with Crippen LogP contribution in [0.15, 0.2) is 48.6 Å². The highest BCUT2D eigenvalue weighted by molar-refractivity contribution is 6.31. The fraction of sp³-hybridized carbons (Fsp3) is 0.346. The quantitative estimate of drug-likeness (QED) is 0.361. The monoisotopic (exact) mass is 531 g/mol. The van der Waals surface area contributed by atoms with E-state index in [9.17, 15) is 13.6 Å². The number of aromatic nitrogens is 2. The van der Waals surface area contributed by atoms with Crippen LogP contribution in [-0.4, -0.2) is 61.2 Å². The van der Waals surface area contributed by atoms with Crippen molar-refractivity contribution in [1.82, 2.24) is 14.9 Å². The Morgan fingerprint density at radius 3 is 2.76 bits per heavy atom. The van der Waals surface area contributed by atoms with Gasteiger partial charge in [-0.15, -0.1) is 0 Å². The molecule has 1 aliphatic heterocycles. The van der Waals surface area contributed by atoms with Crippen molar-refractivity contribution in [2.24, 2.45) is 5.92 Å². The van der Waals surface area contributed by atoms with E-state index in [-0.39, 0.29) is 17.3 Å². The molecule has 11 heteroatoms. The maximum atomic E-state index is 14.5. The predicted octanol–water partition coefficient (Wildman–Crippen LogP) is 5.32. The molecule has 1 amide bonds. The SMILES string of the molecule is CN(C)CC=C(F)C(=O)Nc1cc2c(Nc3ccc(F)c(Cl)c3)ncnc2cc1OCC1CCOCC1. The van der Waals surface area contributed by atoms with Crippen molar-refractivity contribution in [3.05, 3.63) is 59.4 Å². The summed E-state index contributed by atoms with van der Waals surface area (Å²) in [6.07, 6.45) is 4.31. The molecule has 37 heavy (non-hydrogen) atoms. The molecule has 0 spiro atoms. The molecule has 2 aromatic carbocycles. The highest BCUT2D eigenvalue weighted by Gasteiger charge is 2.19. The summed E-state index contributed by atoms with van der Waals surface area (Å²) >= 11 is 5.91. The predicted molar refractivity (Wildman–Crippen MR) is 140 cm³/mol. The molecule has 4 rings (SSSR count). The molecule has 1 fully saturated rings. The summed E-state index contributed by atoms with van der Waals surface area (Å²) in [6, 6.07) is 7.50. The van der Waals surface area contributed by atoms with Crippen molar-refractivity contribution in [3.63, 3.8) is 0 Å². The van der Waals surface area contributed by atoms with Crippen LogP contribution in [0.5, 0.6) is 5.75 Å². The van der Waals surface area contributed by atoms with E-state index >= 15 is 0 Å². The molecule has 0 bridgehead atoms. The molecule has 1 aromatic heterocycles. The van der Waals surface area contributed by atoms with Gasteiger partial charge in [0.1, 0.15) is 23.7 Å². The average molecular weight is 532 g/mol. The Balaban J connectivity index is 1.67. The number of likely N-dealkylation sites (N-methyl/N-ethyl adjacent to an activating group) is 1. The fourth-order valence-corrected chi connectivity index (χ4v) is 3.95. The van der Waals surface area contributed by atoms with Crippen LogP contribution in [0.1, 0.15) is 12.8 Å². The van der Waals surface area contributed by atoms with Crippen LogP contribution >= 0.6 is 11.6 Å². The summed E-state index contributed by atoms with van der Waals surface area (Å²) in [4.78, 5) is 23.0. The van der Waals surface area contributed by atoms with Gasteiger partial charge < -0.3 is 25.0 Å². The topological polar surface area (TPSA) is 88.6 Å². The molecule has 0 unspecified atom stereocenters. The number of hydrogen-bond donors (Lipinski definition) is 2. The highest BCUT2D eigenvalue weighted by atomic mass is 35.5. The van der Waals surface area contributed by atoms with Gasteiger partial charge >= 0.3 is 0 Å². The van der Waals surface area contributed by atoms with Gasteiger partial charge in [-0.3, -0.25) is 4.79 Å². The first kappa shape index (κ1) is 26.7. The zero-order valence-electron chi connectivity index (χ0n) is 20.6.